The fourth-order valence-corrected chi connectivity index (χ4v) is 3.75. The van der Waals surface area contributed by atoms with Gasteiger partial charge in [-0.05, 0) is 57.0 Å². The minimum absolute atomic E-state index is 0. The molecule has 0 amide bonds. The van der Waals surface area contributed by atoms with Gasteiger partial charge in [0.05, 0.1) is 20.2 Å². The third-order valence-electron chi connectivity index (χ3n) is 5.45. The highest BCUT2D eigenvalue weighted by molar-refractivity contribution is 14.0. The van der Waals surface area contributed by atoms with Crippen molar-refractivity contribution in [3.8, 4) is 0 Å². The standard InChI is InChI=1S/C24H34N4O3.HI/c1-4-25-24(27-16-21-14-22(18(2)31-21)23(29)30-3)26-15-19-8-10-20(11-9-19)17-28-12-6-5-7-13-28;/h8-11,14H,4-7,12-13,15-17H2,1-3H3,(H2,25,26,27);1H. The number of benzene rings is 1. The van der Waals surface area contributed by atoms with Gasteiger partial charge in [0.1, 0.15) is 17.1 Å². The molecule has 0 saturated carbocycles. The van der Waals surface area contributed by atoms with Crippen molar-refractivity contribution in [1.82, 2.24) is 15.5 Å². The SMILES string of the molecule is CCNC(=NCc1ccc(CN2CCCCC2)cc1)NCc1cc(C(=O)OC)c(C)o1.I. The number of hydrogen-bond donors (Lipinski definition) is 2. The number of guanidine groups is 1. The number of likely N-dealkylation sites (tertiary alicyclic amines) is 1. The zero-order valence-electron chi connectivity index (χ0n) is 19.3. The van der Waals surface area contributed by atoms with Crippen LogP contribution in [0.1, 0.15) is 59.2 Å². The largest absolute Gasteiger partial charge is 0.465 e. The van der Waals surface area contributed by atoms with Gasteiger partial charge in [-0.2, -0.15) is 0 Å². The van der Waals surface area contributed by atoms with E-state index in [0.29, 0.717) is 36.1 Å². The molecule has 1 aliphatic rings. The number of esters is 1. The maximum atomic E-state index is 11.7. The van der Waals surface area contributed by atoms with E-state index >= 15 is 0 Å². The Morgan fingerprint density at radius 3 is 2.47 bits per heavy atom. The Kier molecular flexibility index (Phi) is 11.0. The average Bonchev–Trinajstić information content (AvgIpc) is 3.17. The van der Waals surface area contributed by atoms with Gasteiger partial charge in [-0.1, -0.05) is 30.7 Å². The second kappa shape index (κ2) is 13.5. The fourth-order valence-electron chi connectivity index (χ4n) is 3.75. The second-order valence-corrected chi connectivity index (χ2v) is 7.88. The van der Waals surface area contributed by atoms with E-state index in [1.165, 1.54) is 50.6 Å². The van der Waals surface area contributed by atoms with Gasteiger partial charge in [-0.3, -0.25) is 4.90 Å². The predicted octanol–water partition coefficient (Wildman–Crippen LogP) is 4.23. The van der Waals surface area contributed by atoms with Crippen LogP contribution in [0.5, 0.6) is 0 Å². The molecular weight excluding hydrogens is 519 g/mol. The van der Waals surface area contributed by atoms with E-state index in [2.05, 4.69) is 44.8 Å². The smallest absolute Gasteiger partial charge is 0.341 e. The number of nitrogens with zero attached hydrogens (tertiary/aromatic N) is 2. The Hall–Kier alpha value is -2.07. The van der Waals surface area contributed by atoms with Crippen molar-refractivity contribution in [3.05, 3.63) is 58.5 Å². The molecule has 0 radical (unpaired) electrons. The van der Waals surface area contributed by atoms with Crippen molar-refractivity contribution in [1.29, 1.82) is 0 Å². The van der Waals surface area contributed by atoms with Crippen molar-refractivity contribution < 1.29 is 13.9 Å². The number of hydrogen-bond acceptors (Lipinski definition) is 5. The van der Waals surface area contributed by atoms with Gasteiger partial charge in [0.2, 0.25) is 0 Å². The van der Waals surface area contributed by atoms with Crippen LogP contribution < -0.4 is 10.6 Å². The second-order valence-electron chi connectivity index (χ2n) is 7.88. The molecule has 2 heterocycles. The summed E-state index contributed by atoms with van der Waals surface area (Å²) in [5.41, 5.74) is 2.97. The van der Waals surface area contributed by atoms with Crippen LogP contribution in [0.15, 0.2) is 39.7 Å². The predicted molar refractivity (Wildman–Crippen MR) is 137 cm³/mol. The number of carbonyl (C=O) groups excluding carboxylic acids is 1. The monoisotopic (exact) mass is 554 g/mol. The molecule has 0 aliphatic carbocycles. The summed E-state index contributed by atoms with van der Waals surface area (Å²) >= 11 is 0. The van der Waals surface area contributed by atoms with Gasteiger partial charge in [0.15, 0.2) is 5.96 Å². The highest BCUT2D eigenvalue weighted by atomic mass is 127. The van der Waals surface area contributed by atoms with E-state index < -0.39 is 5.97 Å². The molecule has 1 saturated heterocycles. The highest BCUT2D eigenvalue weighted by Gasteiger charge is 2.15. The average molecular weight is 554 g/mol. The van der Waals surface area contributed by atoms with Crippen LogP contribution >= 0.6 is 24.0 Å². The first-order valence-electron chi connectivity index (χ1n) is 11.1. The lowest BCUT2D eigenvalue weighted by Gasteiger charge is -2.26. The van der Waals surface area contributed by atoms with Crippen LogP contribution in [0, 0.1) is 6.92 Å². The molecule has 0 atom stereocenters. The number of piperidine rings is 1. The molecule has 1 aliphatic heterocycles. The summed E-state index contributed by atoms with van der Waals surface area (Å²) in [6.07, 6.45) is 3.99. The first-order valence-corrected chi connectivity index (χ1v) is 11.1. The number of rotatable bonds is 8. The Bertz CT molecular complexity index is 874. The Morgan fingerprint density at radius 1 is 1.12 bits per heavy atom. The number of ether oxygens (including phenoxy) is 1. The third kappa shape index (κ3) is 7.81. The maximum Gasteiger partial charge on any atom is 0.341 e. The van der Waals surface area contributed by atoms with E-state index in [9.17, 15) is 4.79 Å². The van der Waals surface area contributed by atoms with E-state index in [4.69, 9.17) is 9.15 Å². The van der Waals surface area contributed by atoms with Crippen LogP contribution in [0.3, 0.4) is 0 Å². The number of carbonyl (C=O) groups is 1. The van der Waals surface area contributed by atoms with Crippen molar-refractivity contribution in [2.45, 2.75) is 52.7 Å². The molecule has 0 bridgehead atoms. The maximum absolute atomic E-state index is 11.7. The lowest BCUT2D eigenvalue weighted by Crippen LogP contribution is -2.36. The Labute approximate surface area is 208 Å². The van der Waals surface area contributed by atoms with Crippen LogP contribution in [0.2, 0.25) is 0 Å². The van der Waals surface area contributed by atoms with Gasteiger partial charge in [-0.15, -0.1) is 24.0 Å². The number of aryl methyl sites for hydroxylation is 1. The summed E-state index contributed by atoms with van der Waals surface area (Å²) in [5, 5.41) is 6.50. The molecule has 8 heteroatoms. The van der Waals surface area contributed by atoms with Crippen molar-refractivity contribution in [3.63, 3.8) is 0 Å². The van der Waals surface area contributed by atoms with E-state index in [1.54, 1.807) is 13.0 Å². The van der Waals surface area contributed by atoms with Crippen molar-refractivity contribution in [2.75, 3.05) is 26.7 Å². The van der Waals surface area contributed by atoms with E-state index in [0.717, 1.165) is 13.1 Å². The molecule has 1 aromatic heterocycles. The topological polar surface area (TPSA) is 79.1 Å². The van der Waals surface area contributed by atoms with Crippen molar-refractivity contribution >= 4 is 35.9 Å². The molecule has 176 valence electrons. The Balaban J connectivity index is 0.00000363. The van der Waals surface area contributed by atoms with Crippen LogP contribution in [-0.4, -0.2) is 43.6 Å². The summed E-state index contributed by atoms with van der Waals surface area (Å²) in [6.45, 7) is 9.00. The van der Waals surface area contributed by atoms with Crippen molar-refractivity contribution in [2.24, 2.45) is 4.99 Å². The molecule has 0 spiro atoms. The number of nitrogens with one attached hydrogen (secondary N) is 2. The van der Waals surface area contributed by atoms with Gasteiger partial charge in [0, 0.05) is 13.1 Å². The number of methoxy groups -OCH3 is 1. The molecule has 1 fully saturated rings. The molecule has 2 N–H and O–H groups in total. The zero-order valence-corrected chi connectivity index (χ0v) is 21.6. The first-order chi connectivity index (χ1) is 15.1. The van der Waals surface area contributed by atoms with E-state index in [1.807, 2.05) is 6.92 Å². The zero-order chi connectivity index (χ0) is 22.1. The van der Waals surface area contributed by atoms with Gasteiger partial charge in [0.25, 0.3) is 0 Å². The van der Waals surface area contributed by atoms with Crippen LogP contribution in [-0.2, 0) is 24.4 Å². The summed E-state index contributed by atoms with van der Waals surface area (Å²) in [7, 11) is 1.36. The minimum Gasteiger partial charge on any atom is -0.465 e. The molecule has 7 nitrogen and oxygen atoms in total. The number of furan rings is 1. The molecule has 32 heavy (non-hydrogen) atoms. The van der Waals surface area contributed by atoms with Crippen LogP contribution in [0.4, 0.5) is 0 Å². The summed E-state index contributed by atoms with van der Waals surface area (Å²) in [4.78, 5) is 19.0. The first kappa shape index (κ1) is 26.2. The highest BCUT2D eigenvalue weighted by Crippen LogP contribution is 2.16. The number of aliphatic imine (C=N–C) groups is 1. The molecular formula is C24H35IN4O3. The normalized spacial score (nSPS) is 14.5. The Morgan fingerprint density at radius 2 is 1.81 bits per heavy atom. The van der Waals surface area contributed by atoms with E-state index in [-0.39, 0.29) is 24.0 Å². The van der Waals surface area contributed by atoms with Crippen LogP contribution in [0.25, 0.3) is 0 Å². The summed E-state index contributed by atoms with van der Waals surface area (Å²) in [6, 6.07) is 10.4. The fraction of sp³-hybridized carbons (Fsp3) is 0.500. The quantitative estimate of drug-likeness (QED) is 0.220. The van der Waals surface area contributed by atoms with Gasteiger partial charge in [-0.25, -0.2) is 9.79 Å². The van der Waals surface area contributed by atoms with Gasteiger partial charge < -0.3 is 19.8 Å². The summed E-state index contributed by atoms with van der Waals surface area (Å²) in [5.74, 6) is 1.52. The third-order valence-corrected chi connectivity index (χ3v) is 5.45. The minimum atomic E-state index is -0.392. The molecule has 1 aromatic carbocycles. The lowest BCUT2D eigenvalue weighted by atomic mass is 10.1. The molecule has 0 unspecified atom stereocenters. The molecule has 3 rings (SSSR count). The molecule has 2 aromatic rings. The van der Waals surface area contributed by atoms with Gasteiger partial charge >= 0.3 is 5.97 Å². The summed E-state index contributed by atoms with van der Waals surface area (Å²) < 4.78 is 10.4. The lowest BCUT2D eigenvalue weighted by molar-refractivity contribution is 0.0599. The number of halogens is 1.